The number of para-hydroxylation sites is 1. The number of amides is 1. The van der Waals surface area contributed by atoms with Gasteiger partial charge in [-0.25, -0.2) is 5.43 Å². The second kappa shape index (κ2) is 8.61. The highest BCUT2D eigenvalue weighted by atomic mass is 16.5. The number of ether oxygens (including phenoxy) is 2. The predicted molar refractivity (Wildman–Crippen MR) is 109 cm³/mol. The minimum absolute atomic E-state index is 0.00993. The first-order valence-corrected chi connectivity index (χ1v) is 9.22. The highest BCUT2D eigenvalue weighted by Gasteiger charge is 2.13. The monoisotopic (exact) mass is 380 g/mol. The number of carbonyl (C=O) groups excluding carboxylic acids is 1. The van der Waals surface area contributed by atoms with Crippen LogP contribution in [0.3, 0.4) is 0 Å². The number of benzene rings is 2. The van der Waals surface area contributed by atoms with E-state index in [1.165, 1.54) is 0 Å². The van der Waals surface area contributed by atoms with Crippen LogP contribution in [0.4, 0.5) is 0 Å². The van der Waals surface area contributed by atoms with Crippen LogP contribution in [0.1, 0.15) is 42.5 Å². The van der Waals surface area contributed by atoms with Gasteiger partial charge in [0.15, 0.2) is 11.5 Å². The van der Waals surface area contributed by atoms with Crippen molar-refractivity contribution in [1.82, 2.24) is 5.43 Å². The normalized spacial score (nSPS) is 11.3. The van der Waals surface area contributed by atoms with Gasteiger partial charge in [-0.05, 0) is 38.1 Å². The number of aryl methyl sites for hydroxylation is 1. The van der Waals surface area contributed by atoms with Crippen molar-refractivity contribution >= 4 is 23.1 Å². The predicted octanol–water partition coefficient (Wildman–Crippen LogP) is 4.55. The first-order chi connectivity index (χ1) is 13.5. The van der Waals surface area contributed by atoms with Crippen molar-refractivity contribution in [2.45, 2.75) is 33.3 Å². The molecule has 0 saturated heterocycles. The van der Waals surface area contributed by atoms with Gasteiger partial charge >= 0.3 is 0 Å². The number of hydrazone groups is 1. The average molecular weight is 380 g/mol. The molecule has 0 spiro atoms. The molecule has 0 atom stereocenters. The molecule has 3 rings (SSSR count). The van der Waals surface area contributed by atoms with E-state index in [1.807, 2.05) is 45.0 Å². The zero-order valence-electron chi connectivity index (χ0n) is 16.5. The van der Waals surface area contributed by atoms with Gasteiger partial charge in [0.2, 0.25) is 0 Å². The lowest BCUT2D eigenvalue weighted by Gasteiger charge is -2.14. The molecule has 0 aliphatic heterocycles. The molecule has 1 amide bonds. The zero-order chi connectivity index (χ0) is 20.1. The van der Waals surface area contributed by atoms with E-state index in [2.05, 4.69) is 10.5 Å². The van der Waals surface area contributed by atoms with Crippen molar-refractivity contribution < 1.29 is 18.7 Å². The summed E-state index contributed by atoms with van der Waals surface area (Å²) in [6.07, 6.45) is 2.37. The van der Waals surface area contributed by atoms with Gasteiger partial charge in [-0.1, -0.05) is 25.1 Å². The molecule has 0 aliphatic carbocycles. The lowest BCUT2D eigenvalue weighted by atomic mass is 10.1. The Balaban J connectivity index is 1.77. The number of nitrogens with one attached hydrogen (secondary N) is 1. The van der Waals surface area contributed by atoms with Crippen LogP contribution in [-0.4, -0.2) is 25.3 Å². The Morgan fingerprint density at radius 3 is 2.71 bits per heavy atom. The Hall–Kier alpha value is -3.28. The van der Waals surface area contributed by atoms with Crippen LogP contribution in [-0.2, 0) is 6.42 Å². The van der Waals surface area contributed by atoms with Crippen LogP contribution in [0, 0.1) is 0 Å². The maximum Gasteiger partial charge on any atom is 0.271 e. The lowest BCUT2D eigenvalue weighted by molar-refractivity contribution is 0.0954. The third-order valence-electron chi connectivity index (χ3n) is 4.18. The van der Waals surface area contributed by atoms with E-state index in [1.54, 1.807) is 31.5 Å². The van der Waals surface area contributed by atoms with Crippen LogP contribution in [0.5, 0.6) is 11.5 Å². The van der Waals surface area contributed by atoms with Crippen molar-refractivity contribution in [2.24, 2.45) is 5.10 Å². The molecular formula is C22H24N2O4. The highest BCUT2D eigenvalue weighted by molar-refractivity contribution is 6.00. The Kier molecular flexibility index (Phi) is 5.99. The molecule has 0 radical (unpaired) electrons. The molecule has 28 heavy (non-hydrogen) atoms. The summed E-state index contributed by atoms with van der Waals surface area (Å²) in [5.41, 5.74) is 4.66. The van der Waals surface area contributed by atoms with E-state index in [-0.39, 0.29) is 12.0 Å². The van der Waals surface area contributed by atoms with E-state index in [0.29, 0.717) is 17.1 Å². The van der Waals surface area contributed by atoms with Crippen LogP contribution in [0.15, 0.2) is 52.0 Å². The summed E-state index contributed by atoms with van der Waals surface area (Å²) in [4.78, 5) is 12.4. The largest absolute Gasteiger partial charge is 0.493 e. The smallest absolute Gasteiger partial charge is 0.271 e. The molecule has 2 aromatic carbocycles. The summed E-state index contributed by atoms with van der Waals surface area (Å²) in [6, 6.07) is 12.8. The van der Waals surface area contributed by atoms with Gasteiger partial charge in [-0.15, -0.1) is 0 Å². The summed E-state index contributed by atoms with van der Waals surface area (Å²) in [5, 5.41) is 5.09. The molecule has 0 unspecified atom stereocenters. The molecule has 1 heterocycles. The van der Waals surface area contributed by atoms with Crippen LogP contribution < -0.4 is 14.9 Å². The number of furan rings is 1. The van der Waals surface area contributed by atoms with Gasteiger partial charge in [-0.2, -0.15) is 5.10 Å². The molecular weight excluding hydrogens is 356 g/mol. The third-order valence-corrected chi connectivity index (χ3v) is 4.18. The van der Waals surface area contributed by atoms with Crippen molar-refractivity contribution in [2.75, 3.05) is 7.11 Å². The van der Waals surface area contributed by atoms with Crippen molar-refractivity contribution in [3.63, 3.8) is 0 Å². The molecule has 0 bridgehead atoms. The molecule has 0 fully saturated rings. The molecule has 0 aliphatic rings. The van der Waals surface area contributed by atoms with E-state index >= 15 is 0 Å². The second-order valence-corrected chi connectivity index (χ2v) is 6.52. The van der Waals surface area contributed by atoms with E-state index in [4.69, 9.17) is 13.9 Å². The number of nitrogens with zero attached hydrogens (tertiary/aromatic N) is 1. The summed E-state index contributed by atoms with van der Waals surface area (Å²) >= 11 is 0. The maximum atomic E-state index is 12.4. The minimum atomic E-state index is -0.337. The maximum absolute atomic E-state index is 12.4. The summed E-state index contributed by atoms with van der Waals surface area (Å²) in [5.74, 6) is 1.59. The van der Waals surface area contributed by atoms with E-state index in [0.717, 1.165) is 28.7 Å². The summed E-state index contributed by atoms with van der Waals surface area (Å²) < 4.78 is 16.8. The SMILES string of the molecule is CCc1oc2ccccc2c1/C=N\NC(=O)c1ccc(OC(C)C)c(OC)c1. The van der Waals surface area contributed by atoms with E-state index < -0.39 is 0 Å². The van der Waals surface area contributed by atoms with Crippen molar-refractivity contribution in [1.29, 1.82) is 0 Å². The number of methoxy groups -OCH3 is 1. The number of hydrogen-bond donors (Lipinski definition) is 1. The Labute approximate surface area is 164 Å². The summed E-state index contributed by atoms with van der Waals surface area (Å²) in [6.45, 7) is 5.87. The Bertz CT molecular complexity index is 1000. The topological polar surface area (TPSA) is 73.1 Å². The number of rotatable bonds is 7. The minimum Gasteiger partial charge on any atom is -0.493 e. The van der Waals surface area contributed by atoms with Gasteiger partial charge in [0.25, 0.3) is 5.91 Å². The molecule has 3 aromatic rings. The fraction of sp³-hybridized carbons (Fsp3) is 0.273. The second-order valence-electron chi connectivity index (χ2n) is 6.52. The molecule has 6 heteroatoms. The third kappa shape index (κ3) is 4.17. The number of hydrogen-bond acceptors (Lipinski definition) is 5. The number of fused-ring (bicyclic) bond motifs is 1. The van der Waals surface area contributed by atoms with Crippen LogP contribution in [0.2, 0.25) is 0 Å². The zero-order valence-corrected chi connectivity index (χ0v) is 16.5. The van der Waals surface area contributed by atoms with Gasteiger partial charge in [0.1, 0.15) is 11.3 Å². The first kappa shape index (κ1) is 19.5. The first-order valence-electron chi connectivity index (χ1n) is 9.22. The number of carbonyl (C=O) groups is 1. The van der Waals surface area contributed by atoms with Gasteiger partial charge < -0.3 is 13.9 Å². The fourth-order valence-electron chi connectivity index (χ4n) is 2.90. The van der Waals surface area contributed by atoms with Crippen molar-refractivity contribution in [3.05, 3.63) is 59.4 Å². The van der Waals surface area contributed by atoms with E-state index in [9.17, 15) is 4.79 Å². The Morgan fingerprint density at radius 2 is 2.00 bits per heavy atom. The molecule has 6 nitrogen and oxygen atoms in total. The highest BCUT2D eigenvalue weighted by Crippen LogP contribution is 2.29. The van der Waals surface area contributed by atoms with Crippen LogP contribution >= 0.6 is 0 Å². The molecule has 1 aromatic heterocycles. The average Bonchev–Trinajstić information content (AvgIpc) is 3.05. The molecule has 1 N–H and O–H groups in total. The quantitative estimate of drug-likeness (QED) is 0.482. The lowest BCUT2D eigenvalue weighted by Crippen LogP contribution is -2.18. The molecule has 146 valence electrons. The summed E-state index contributed by atoms with van der Waals surface area (Å²) in [7, 11) is 1.54. The Morgan fingerprint density at radius 1 is 1.21 bits per heavy atom. The van der Waals surface area contributed by atoms with Gasteiger partial charge in [0, 0.05) is 22.9 Å². The van der Waals surface area contributed by atoms with Gasteiger partial charge in [0.05, 0.1) is 19.4 Å². The standard InChI is InChI=1S/C22H24N2O4/c1-5-18-17(16-8-6-7-9-19(16)28-18)13-23-24-22(25)15-10-11-20(27-14(2)3)21(12-15)26-4/h6-14H,5H2,1-4H3,(H,24,25)/b23-13-. The van der Waals surface area contributed by atoms with Crippen LogP contribution in [0.25, 0.3) is 11.0 Å². The van der Waals surface area contributed by atoms with Gasteiger partial charge in [-0.3, -0.25) is 4.79 Å². The van der Waals surface area contributed by atoms with Crippen molar-refractivity contribution in [3.8, 4) is 11.5 Å². The fourth-order valence-corrected chi connectivity index (χ4v) is 2.90. The molecule has 0 saturated carbocycles.